The molecule has 0 fully saturated rings. The molecule has 6 nitrogen and oxygen atoms in total. The van der Waals surface area contributed by atoms with Crippen molar-refractivity contribution in [3.05, 3.63) is 24.3 Å². The van der Waals surface area contributed by atoms with Crippen LogP contribution in [0.4, 0.5) is 0 Å². The van der Waals surface area contributed by atoms with E-state index < -0.39 is 18.2 Å². The molecule has 0 bridgehead atoms. The van der Waals surface area contributed by atoms with Crippen LogP contribution >= 0.6 is 0 Å². The van der Waals surface area contributed by atoms with Crippen LogP contribution < -0.4 is 5.32 Å². The second-order valence-electron chi connectivity index (χ2n) is 17.2. The summed E-state index contributed by atoms with van der Waals surface area (Å²) in [7, 11) is 0. The van der Waals surface area contributed by atoms with Gasteiger partial charge in [0.2, 0.25) is 5.91 Å². The molecule has 3 unspecified atom stereocenters. The molecule has 0 heterocycles. The molecule has 0 aromatic heterocycles. The van der Waals surface area contributed by atoms with Crippen LogP contribution in [0.1, 0.15) is 265 Å². The van der Waals surface area contributed by atoms with Gasteiger partial charge in [-0.15, -0.1) is 0 Å². The fourth-order valence-corrected chi connectivity index (χ4v) is 7.65. The molecule has 0 aliphatic carbocycles. The second kappa shape index (κ2) is 45.4. The first-order valence-corrected chi connectivity index (χ1v) is 25.1. The normalized spacial score (nSPS) is 13.4. The maximum atomic E-state index is 13.2. The van der Waals surface area contributed by atoms with Gasteiger partial charge in [0.25, 0.3) is 0 Å². The maximum absolute atomic E-state index is 13.2. The van der Waals surface area contributed by atoms with Gasteiger partial charge in [0.05, 0.1) is 25.2 Å². The van der Waals surface area contributed by atoms with Crippen molar-refractivity contribution in [3.63, 3.8) is 0 Å². The third kappa shape index (κ3) is 40.9. The number of esters is 1. The van der Waals surface area contributed by atoms with Crippen LogP contribution in [0.3, 0.4) is 0 Å². The van der Waals surface area contributed by atoms with Gasteiger partial charge in [-0.25, -0.2) is 0 Å². The van der Waals surface area contributed by atoms with Gasteiger partial charge in [0.1, 0.15) is 6.10 Å². The second-order valence-corrected chi connectivity index (χ2v) is 17.2. The van der Waals surface area contributed by atoms with Crippen LogP contribution in [0.2, 0.25) is 0 Å². The summed E-state index contributed by atoms with van der Waals surface area (Å²) in [5.41, 5.74) is 0. The van der Waals surface area contributed by atoms with Crippen molar-refractivity contribution in [1.82, 2.24) is 5.32 Å². The molecule has 0 aromatic carbocycles. The molecule has 1 amide bonds. The van der Waals surface area contributed by atoms with E-state index in [1.165, 1.54) is 161 Å². The van der Waals surface area contributed by atoms with Crippen LogP contribution in [-0.4, -0.2) is 46.9 Å². The zero-order chi connectivity index (χ0) is 41.7. The fourth-order valence-electron chi connectivity index (χ4n) is 7.65. The van der Waals surface area contributed by atoms with Crippen LogP contribution in [0.25, 0.3) is 0 Å². The van der Waals surface area contributed by atoms with Crippen LogP contribution in [-0.2, 0) is 14.3 Å². The molecule has 6 heteroatoms. The van der Waals surface area contributed by atoms with Crippen molar-refractivity contribution in [3.8, 4) is 0 Å². The summed E-state index contributed by atoms with van der Waals surface area (Å²) >= 11 is 0. The number of hydrogen-bond acceptors (Lipinski definition) is 5. The topological polar surface area (TPSA) is 95.9 Å². The first kappa shape index (κ1) is 55.3. The SMILES string of the molecule is CCCC/C=C\CCCCCCCC(=O)OC(CCC/C=C\CCCCCCCCC)CC(=O)NC(CO)C(O)CCCCCCCCCCCCCCCCC. The number of hydrogen-bond donors (Lipinski definition) is 3. The predicted octanol–water partition coefficient (Wildman–Crippen LogP) is 14.7. The highest BCUT2D eigenvalue weighted by atomic mass is 16.5. The predicted molar refractivity (Wildman–Crippen MR) is 246 cm³/mol. The number of carbonyl (C=O) groups is 2. The Labute approximate surface area is 354 Å². The molecule has 57 heavy (non-hydrogen) atoms. The molecular weight excluding hydrogens is 707 g/mol. The van der Waals surface area contributed by atoms with Crippen molar-refractivity contribution in [2.45, 2.75) is 283 Å². The number of aliphatic hydroxyl groups excluding tert-OH is 2. The zero-order valence-corrected chi connectivity index (χ0v) is 38.2. The molecule has 0 aliphatic rings. The van der Waals surface area contributed by atoms with Gasteiger partial charge >= 0.3 is 5.97 Å². The quantitative estimate of drug-likeness (QED) is 0.0324. The summed E-state index contributed by atoms with van der Waals surface area (Å²) in [6.07, 6.45) is 51.0. The monoisotopic (exact) mass is 804 g/mol. The van der Waals surface area contributed by atoms with E-state index in [-0.39, 0.29) is 24.9 Å². The van der Waals surface area contributed by atoms with Gasteiger partial charge in [-0.05, 0) is 64.2 Å². The summed E-state index contributed by atoms with van der Waals surface area (Å²) in [6, 6.07) is -0.707. The Bertz CT molecular complexity index is 904. The smallest absolute Gasteiger partial charge is 0.306 e. The molecule has 0 saturated heterocycles. The Hall–Kier alpha value is -1.66. The van der Waals surface area contributed by atoms with Crippen molar-refractivity contribution < 1.29 is 24.5 Å². The van der Waals surface area contributed by atoms with Crippen molar-refractivity contribution in [1.29, 1.82) is 0 Å². The lowest BCUT2D eigenvalue weighted by molar-refractivity contribution is -0.151. The van der Waals surface area contributed by atoms with Gasteiger partial charge in [-0.1, -0.05) is 212 Å². The van der Waals surface area contributed by atoms with E-state index >= 15 is 0 Å². The largest absolute Gasteiger partial charge is 0.462 e. The Balaban J connectivity index is 4.54. The maximum Gasteiger partial charge on any atom is 0.306 e. The molecule has 3 N–H and O–H groups in total. The highest BCUT2D eigenvalue weighted by Crippen LogP contribution is 2.17. The third-order valence-corrected chi connectivity index (χ3v) is 11.5. The molecule has 3 atom stereocenters. The Morgan fingerprint density at radius 1 is 0.491 bits per heavy atom. The Morgan fingerprint density at radius 3 is 1.33 bits per heavy atom. The lowest BCUT2D eigenvalue weighted by atomic mass is 10.0. The van der Waals surface area contributed by atoms with Crippen LogP contribution in [0.5, 0.6) is 0 Å². The highest BCUT2D eigenvalue weighted by molar-refractivity contribution is 5.77. The number of rotatable bonds is 45. The van der Waals surface area contributed by atoms with E-state index in [9.17, 15) is 19.8 Å². The molecule has 0 rings (SSSR count). The highest BCUT2D eigenvalue weighted by Gasteiger charge is 2.24. The van der Waals surface area contributed by atoms with E-state index in [2.05, 4.69) is 50.4 Å². The first-order valence-electron chi connectivity index (χ1n) is 25.1. The Kier molecular flexibility index (Phi) is 44.1. The minimum atomic E-state index is -0.791. The van der Waals surface area contributed by atoms with Crippen LogP contribution in [0.15, 0.2) is 24.3 Å². The number of amides is 1. The van der Waals surface area contributed by atoms with Crippen LogP contribution in [0, 0.1) is 0 Å². The number of unbranched alkanes of at least 4 members (excludes halogenated alkanes) is 29. The minimum Gasteiger partial charge on any atom is -0.462 e. The average Bonchev–Trinajstić information content (AvgIpc) is 3.20. The molecule has 0 aliphatic heterocycles. The molecule has 0 aromatic rings. The standard InChI is InChI=1S/C51H97NO5/c1-4-7-10-13-16-19-22-24-25-26-29-31-34-37-40-43-49(54)48(46-53)52-50(55)45-47(42-39-36-33-30-28-23-20-17-14-11-8-5-2)57-51(56)44-41-38-35-32-27-21-18-15-12-9-6-3/h15,18,30,33,47-49,53-54H,4-14,16-17,19-29,31-32,34-46H2,1-3H3,(H,52,55)/b18-15-,33-30-. The summed E-state index contributed by atoms with van der Waals surface area (Å²) in [6.45, 7) is 6.44. The van der Waals surface area contributed by atoms with Gasteiger partial charge < -0.3 is 20.3 Å². The average molecular weight is 804 g/mol. The zero-order valence-electron chi connectivity index (χ0n) is 38.2. The fraction of sp³-hybridized carbons (Fsp3) is 0.882. The number of allylic oxidation sites excluding steroid dienone is 4. The molecular formula is C51H97NO5. The molecule has 336 valence electrons. The number of aliphatic hydroxyl groups is 2. The Morgan fingerprint density at radius 2 is 0.877 bits per heavy atom. The summed E-state index contributed by atoms with van der Waals surface area (Å²) in [4.78, 5) is 26.0. The van der Waals surface area contributed by atoms with Gasteiger partial charge in [-0.2, -0.15) is 0 Å². The van der Waals surface area contributed by atoms with E-state index in [0.717, 1.165) is 57.8 Å². The lowest BCUT2D eigenvalue weighted by Gasteiger charge is -2.24. The number of carbonyl (C=O) groups excluding carboxylic acids is 2. The van der Waals surface area contributed by atoms with Crippen molar-refractivity contribution in [2.24, 2.45) is 0 Å². The summed E-state index contributed by atoms with van der Waals surface area (Å²) < 4.78 is 5.89. The van der Waals surface area contributed by atoms with E-state index in [0.29, 0.717) is 19.3 Å². The van der Waals surface area contributed by atoms with Gasteiger partial charge in [0, 0.05) is 6.42 Å². The third-order valence-electron chi connectivity index (χ3n) is 11.5. The van der Waals surface area contributed by atoms with Gasteiger partial charge in [-0.3, -0.25) is 9.59 Å². The first-order chi connectivity index (χ1) is 28.0. The molecule has 0 saturated carbocycles. The number of nitrogens with one attached hydrogen (secondary N) is 1. The van der Waals surface area contributed by atoms with Crippen molar-refractivity contribution in [2.75, 3.05) is 6.61 Å². The van der Waals surface area contributed by atoms with Crippen molar-refractivity contribution >= 4 is 11.9 Å². The van der Waals surface area contributed by atoms with E-state index in [1.807, 2.05) is 0 Å². The lowest BCUT2D eigenvalue weighted by Crippen LogP contribution is -2.46. The van der Waals surface area contributed by atoms with E-state index in [4.69, 9.17) is 4.74 Å². The minimum absolute atomic E-state index is 0.0570. The van der Waals surface area contributed by atoms with Gasteiger partial charge in [0.15, 0.2) is 0 Å². The number of ether oxygens (including phenoxy) is 1. The molecule has 0 spiro atoms. The summed E-state index contributed by atoms with van der Waals surface area (Å²) in [5.74, 6) is -0.506. The molecule has 0 radical (unpaired) electrons. The van der Waals surface area contributed by atoms with E-state index in [1.54, 1.807) is 0 Å². The summed E-state index contributed by atoms with van der Waals surface area (Å²) in [5, 5.41) is 23.7.